The first-order valence-corrected chi connectivity index (χ1v) is 11.7. The molecule has 0 atom stereocenters. The van der Waals surface area contributed by atoms with Crippen LogP contribution in [0.1, 0.15) is 21.5 Å². The predicted octanol–water partition coefficient (Wildman–Crippen LogP) is 3.95. The Balaban J connectivity index is 1.30. The zero-order valence-electron chi connectivity index (χ0n) is 19.1. The van der Waals surface area contributed by atoms with Crippen molar-refractivity contribution < 1.29 is 28.6 Å². The third-order valence-electron chi connectivity index (χ3n) is 5.20. The van der Waals surface area contributed by atoms with Gasteiger partial charge in [0.2, 0.25) is 12.7 Å². The van der Waals surface area contributed by atoms with E-state index in [0.29, 0.717) is 27.9 Å². The number of aromatic nitrogens is 1. The number of benzene rings is 2. The fourth-order valence-corrected chi connectivity index (χ4v) is 4.03. The molecular weight excluding hydrogens is 470 g/mol. The molecule has 2 amide bonds. The number of carbonyl (C=O) groups is 3. The molecule has 0 saturated carbocycles. The van der Waals surface area contributed by atoms with E-state index in [1.54, 1.807) is 30.3 Å². The summed E-state index contributed by atoms with van der Waals surface area (Å²) < 4.78 is 15.8. The van der Waals surface area contributed by atoms with E-state index >= 15 is 0 Å². The van der Waals surface area contributed by atoms with Gasteiger partial charge < -0.3 is 24.8 Å². The quantitative estimate of drug-likeness (QED) is 0.358. The Hall–Kier alpha value is -4.05. The molecule has 35 heavy (non-hydrogen) atoms. The van der Waals surface area contributed by atoms with Gasteiger partial charge in [-0.15, -0.1) is 0 Å². The van der Waals surface area contributed by atoms with E-state index in [9.17, 15) is 14.4 Å². The zero-order valence-corrected chi connectivity index (χ0v) is 19.9. The van der Waals surface area contributed by atoms with E-state index in [1.807, 2.05) is 26.0 Å². The molecule has 3 aromatic rings. The number of ether oxygens (including phenoxy) is 3. The number of hydrogen-bond donors (Lipinski definition) is 2. The molecule has 1 aliphatic rings. The first kappa shape index (κ1) is 24.1. The van der Waals surface area contributed by atoms with Crippen molar-refractivity contribution >= 4 is 40.9 Å². The van der Waals surface area contributed by atoms with Gasteiger partial charge in [-0.05, 0) is 55.3 Å². The standard InChI is InChI=1S/C25H23N3O6S/c1-15-5-3-7-19(16(15)2)28-22(29)12-32-25(31)18-6-4-10-26-24(18)35-13-23(30)27-17-8-9-20-21(11-17)34-14-33-20/h3-11H,12-14H2,1-2H3,(H,27,30)(H,28,29). The number of fused-ring (bicyclic) bond motifs is 1. The van der Waals surface area contributed by atoms with Crippen molar-refractivity contribution in [1.29, 1.82) is 0 Å². The number of nitrogens with one attached hydrogen (secondary N) is 2. The molecule has 1 aliphatic heterocycles. The number of hydrogen-bond acceptors (Lipinski definition) is 8. The van der Waals surface area contributed by atoms with Crippen LogP contribution in [0.4, 0.5) is 11.4 Å². The van der Waals surface area contributed by atoms with Crippen LogP contribution in [0.15, 0.2) is 59.8 Å². The van der Waals surface area contributed by atoms with Crippen LogP contribution >= 0.6 is 11.8 Å². The van der Waals surface area contributed by atoms with Gasteiger partial charge in [-0.1, -0.05) is 23.9 Å². The molecule has 0 saturated heterocycles. The molecule has 0 spiro atoms. The van der Waals surface area contributed by atoms with Gasteiger partial charge in [-0.3, -0.25) is 9.59 Å². The molecule has 2 N–H and O–H groups in total. The first-order chi connectivity index (χ1) is 16.9. The monoisotopic (exact) mass is 493 g/mol. The minimum atomic E-state index is -0.701. The van der Waals surface area contributed by atoms with Crippen LogP contribution in [0.5, 0.6) is 11.5 Å². The Morgan fingerprint density at radius 2 is 1.83 bits per heavy atom. The van der Waals surface area contributed by atoms with Crippen molar-refractivity contribution in [2.45, 2.75) is 18.9 Å². The van der Waals surface area contributed by atoms with E-state index in [0.717, 1.165) is 22.9 Å². The normalized spacial score (nSPS) is 11.6. The number of anilines is 2. The number of aryl methyl sites for hydroxylation is 1. The van der Waals surface area contributed by atoms with E-state index in [-0.39, 0.29) is 24.0 Å². The molecule has 4 rings (SSSR count). The van der Waals surface area contributed by atoms with Crippen molar-refractivity contribution in [3.8, 4) is 11.5 Å². The predicted molar refractivity (Wildman–Crippen MR) is 131 cm³/mol. The highest BCUT2D eigenvalue weighted by atomic mass is 32.2. The molecule has 0 unspecified atom stereocenters. The lowest BCUT2D eigenvalue weighted by molar-refractivity contribution is -0.119. The molecule has 2 aromatic carbocycles. The Bertz CT molecular complexity index is 1280. The Kier molecular flexibility index (Phi) is 7.51. The number of rotatable bonds is 8. The summed E-state index contributed by atoms with van der Waals surface area (Å²) in [6.07, 6.45) is 1.52. The first-order valence-electron chi connectivity index (χ1n) is 10.7. The van der Waals surface area contributed by atoms with Gasteiger partial charge in [0, 0.05) is 23.6 Å². The molecule has 0 fully saturated rings. The highest BCUT2D eigenvalue weighted by molar-refractivity contribution is 8.00. The van der Waals surface area contributed by atoms with Crippen LogP contribution in [0.25, 0.3) is 0 Å². The Morgan fingerprint density at radius 1 is 1.00 bits per heavy atom. The van der Waals surface area contributed by atoms with Crippen LogP contribution in [0, 0.1) is 13.8 Å². The number of esters is 1. The average molecular weight is 494 g/mol. The van der Waals surface area contributed by atoms with Crippen molar-refractivity contribution in [2.75, 3.05) is 29.8 Å². The van der Waals surface area contributed by atoms with E-state index < -0.39 is 18.5 Å². The Morgan fingerprint density at radius 3 is 2.69 bits per heavy atom. The maximum absolute atomic E-state index is 12.6. The Labute approximate surface area is 206 Å². The van der Waals surface area contributed by atoms with Crippen molar-refractivity contribution in [3.63, 3.8) is 0 Å². The maximum atomic E-state index is 12.6. The van der Waals surface area contributed by atoms with Crippen molar-refractivity contribution in [1.82, 2.24) is 4.98 Å². The number of thioether (sulfide) groups is 1. The summed E-state index contributed by atoms with van der Waals surface area (Å²) in [7, 11) is 0. The zero-order chi connectivity index (χ0) is 24.8. The lowest BCUT2D eigenvalue weighted by Gasteiger charge is -2.11. The molecule has 180 valence electrons. The number of carbonyl (C=O) groups excluding carboxylic acids is 3. The molecule has 0 radical (unpaired) electrons. The topological polar surface area (TPSA) is 116 Å². The molecule has 9 nitrogen and oxygen atoms in total. The van der Waals surface area contributed by atoms with Gasteiger partial charge in [-0.2, -0.15) is 0 Å². The molecule has 0 aliphatic carbocycles. The minimum Gasteiger partial charge on any atom is -0.454 e. The van der Waals surface area contributed by atoms with Crippen molar-refractivity contribution in [2.24, 2.45) is 0 Å². The molecule has 1 aromatic heterocycles. The van der Waals surface area contributed by atoms with E-state index in [4.69, 9.17) is 14.2 Å². The average Bonchev–Trinajstić information content (AvgIpc) is 3.32. The molecule has 0 bridgehead atoms. The summed E-state index contributed by atoms with van der Waals surface area (Å²) in [4.78, 5) is 41.5. The van der Waals surface area contributed by atoms with Gasteiger partial charge >= 0.3 is 5.97 Å². The van der Waals surface area contributed by atoms with Crippen LogP contribution in [-0.2, 0) is 14.3 Å². The summed E-state index contributed by atoms with van der Waals surface area (Å²) in [5, 5.41) is 5.84. The van der Waals surface area contributed by atoms with Gasteiger partial charge in [0.25, 0.3) is 5.91 Å². The fraction of sp³-hybridized carbons (Fsp3) is 0.200. The smallest absolute Gasteiger partial charge is 0.341 e. The second kappa shape index (κ2) is 10.9. The van der Waals surface area contributed by atoms with Crippen LogP contribution in [-0.4, -0.2) is 41.9 Å². The van der Waals surface area contributed by atoms with Crippen LogP contribution in [0.2, 0.25) is 0 Å². The number of pyridine rings is 1. The van der Waals surface area contributed by atoms with Crippen LogP contribution in [0.3, 0.4) is 0 Å². The molecular formula is C25H23N3O6S. The van der Waals surface area contributed by atoms with Crippen molar-refractivity contribution in [3.05, 3.63) is 71.4 Å². The van der Waals surface area contributed by atoms with Crippen LogP contribution < -0.4 is 20.1 Å². The highest BCUT2D eigenvalue weighted by Crippen LogP contribution is 2.34. The lowest BCUT2D eigenvalue weighted by atomic mass is 10.1. The molecule has 2 heterocycles. The second-order valence-corrected chi connectivity index (χ2v) is 8.60. The SMILES string of the molecule is Cc1cccc(NC(=O)COC(=O)c2cccnc2SCC(=O)Nc2ccc3c(c2)OCO3)c1C. The summed E-state index contributed by atoms with van der Waals surface area (Å²) in [6.45, 7) is 3.55. The second-order valence-electron chi connectivity index (χ2n) is 7.63. The van der Waals surface area contributed by atoms with Gasteiger partial charge in [0.05, 0.1) is 11.3 Å². The maximum Gasteiger partial charge on any atom is 0.341 e. The summed E-state index contributed by atoms with van der Waals surface area (Å²) in [5.41, 5.74) is 3.39. The number of amides is 2. The van der Waals surface area contributed by atoms with Gasteiger partial charge in [-0.25, -0.2) is 9.78 Å². The van der Waals surface area contributed by atoms with E-state index in [2.05, 4.69) is 15.6 Å². The van der Waals surface area contributed by atoms with Gasteiger partial charge in [0.1, 0.15) is 5.03 Å². The summed E-state index contributed by atoms with van der Waals surface area (Å²) in [6, 6.07) is 13.8. The largest absolute Gasteiger partial charge is 0.454 e. The highest BCUT2D eigenvalue weighted by Gasteiger charge is 2.18. The summed E-state index contributed by atoms with van der Waals surface area (Å²) in [5.74, 6) is -0.241. The van der Waals surface area contributed by atoms with E-state index in [1.165, 1.54) is 12.3 Å². The summed E-state index contributed by atoms with van der Waals surface area (Å²) >= 11 is 1.09. The minimum absolute atomic E-state index is 0.0128. The third-order valence-corrected chi connectivity index (χ3v) is 6.21. The fourth-order valence-electron chi connectivity index (χ4n) is 3.25. The molecule has 10 heteroatoms. The van der Waals surface area contributed by atoms with Gasteiger partial charge in [0.15, 0.2) is 18.1 Å². The number of nitrogens with zero attached hydrogens (tertiary/aromatic N) is 1. The lowest BCUT2D eigenvalue weighted by Crippen LogP contribution is -2.22. The third kappa shape index (κ3) is 6.10.